The van der Waals surface area contributed by atoms with Crippen LogP contribution in [0.15, 0.2) is 0 Å². The zero-order valence-electron chi connectivity index (χ0n) is 11.2. The molecule has 0 radical (unpaired) electrons. The molecule has 104 valence electrons. The molecule has 6 heteroatoms. The Morgan fingerprint density at radius 3 is 2.72 bits per heavy atom. The average Bonchev–Trinajstić information content (AvgIpc) is 3.15. The SMILES string of the molecule is COCCCNC(=O)CN(C)C(=O)CNC1CC1. The van der Waals surface area contributed by atoms with Gasteiger partial charge < -0.3 is 20.3 Å². The van der Waals surface area contributed by atoms with Gasteiger partial charge in [0.1, 0.15) is 0 Å². The molecule has 0 aromatic carbocycles. The Morgan fingerprint density at radius 1 is 1.39 bits per heavy atom. The highest BCUT2D eigenvalue weighted by Crippen LogP contribution is 2.17. The van der Waals surface area contributed by atoms with E-state index in [2.05, 4.69) is 10.6 Å². The van der Waals surface area contributed by atoms with Crippen molar-refractivity contribution in [3.63, 3.8) is 0 Å². The highest BCUT2D eigenvalue weighted by molar-refractivity contribution is 5.85. The fourth-order valence-corrected chi connectivity index (χ4v) is 1.46. The Labute approximate surface area is 108 Å². The van der Waals surface area contributed by atoms with Crippen LogP contribution < -0.4 is 10.6 Å². The van der Waals surface area contributed by atoms with Crippen LogP contribution in [0.5, 0.6) is 0 Å². The number of hydrogen-bond donors (Lipinski definition) is 2. The Kier molecular flexibility index (Phi) is 6.67. The first-order chi connectivity index (χ1) is 8.63. The summed E-state index contributed by atoms with van der Waals surface area (Å²) in [5.74, 6) is -0.178. The van der Waals surface area contributed by atoms with E-state index in [1.54, 1.807) is 14.2 Å². The number of amides is 2. The molecule has 2 amide bonds. The number of likely N-dealkylation sites (N-methyl/N-ethyl adjacent to an activating group) is 1. The molecular formula is C12H23N3O3. The van der Waals surface area contributed by atoms with Crippen LogP contribution in [-0.4, -0.2) is 63.2 Å². The number of carbonyl (C=O) groups is 2. The van der Waals surface area contributed by atoms with Gasteiger partial charge in [-0.3, -0.25) is 9.59 Å². The summed E-state index contributed by atoms with van der Waals surface area (Å²) in [6.07, 6.45) is 3.08. The predicted octanol–water partition coefficient (Wildman–Crippen LogP) is -0.650. The molecule has 0 aliphatic heterocycles. The summed E-state index contributed by atoms with van der Waals surface area (Å²) in [6.45, 7) is 1.63. The van der Waals surface area contributed by atoms with E-state index in [1.165, 1.54) is 4.90 Å². The third kappa shape index (κ3) is 6.56. The minimum absolute atomic E-state index is 0.0473. The van der Waals surface area contributed by atoms with Gasteiger partial charge in [-0.25, -0.2) is 0 Å². The quantitative estimate of drug-likeness (QED) is 0.539. The summed E-state index contributed by atoms with van der Waals surface area (Å²) in [7, 11) is 3.27. The molecule has 0 saturated heterocycles. The van der Waals surface area contributed by atoms with Crippen molar-refractivity contribution in [3.05, 3.63) is 0 Å². The third-order valence-electron chi connectivity index (χ3n) is 2.77. The van der Waals surface area contributed by atoms with E-state index in [1.807, 2.05) is 0 Å². The van der Waals surface area contributed by atoms with Gasteiger partial charge in [0.15, 0.2) is 0 Å². The standard InChI is InChI=1S/C12H23N3O3/c1-15(12(17)8-14-10-4-5-10)9-11(16)13-6-3-7-18-2/h10,14H,3-9H2,1-2H3,(H,13,16). The lowest BCUT2D eigenvalue weighted by atomic mass is 10.4. The molecular weight excluding hydrogens is 234 g/mol. The fourth-order valence-electron chi connectivity index (χ4n) is 1.46. The molecule has 0 spiro atoms. The lowest BCUT2D eigenvalue weighted by Gasteiger charge is -2.17. The molecule has 0 bridgehead atoms. The summed E-state index contributed by atoms with van der Waals surface area (Å²) < 4.78 is 4.88. The van der Waals surface area contributed by atoms with E-state index >= 15 is 0 Å². The predicted molar refractivity (Wildman–Crippen MR) is 68.2 cm³/mol. The first kappa shape index (κ1) is 14.9. The van der Waals surface area contributed by atoms with Crippen LogP contribution in [0.2, 0.25) is 0 Å². The van der Waals surface area contributed by atoms with Crippen molar-refractivity contribution in [2.75, 3.05) is 40.4 Å². The number of nitrogens with one attached hydrogen (secondary N) is 2. The summed E-state index contributed by atoms with van der Waals surface area (Å²) in [5.41, 5.74) is 0. The van der Waals surface area contributed by atoms with Crippen molar-refractivity contribution in [3.8, 4) is 0 Å². The van der Waals surface area contributed by atoms with Gasteiger partial charge in [0.2, 0.25) is 11.8 Å². The lowest BCUT2D eigenvalue weighted by Crippen LogP contribution is -2.42. The zero-order chi connectivity index (χ0) is 13.4. The van der Waals surface area contributed by atoms with Gasteiger partial charge in [0.05, 0.1) is 13.1 Å². The van der Waals surface area contributed by atoms with Gasteiger partial charge in [-0.05, 0) is 19.3 Å². The van der Waals surface area contributed by atoms with E-state index in [0.29, 0.717) is 25.7 Å². The van der Waals surface area contributed by atoms with Crippen LogP contribution in [0.25, 0.3) is 0 Å². The fraction of sp³-hybridized carbons (Fsp3) is 0.833. The molecule has 1 rings (SSSR count). The van der Waals surface area contributed by atoms with Crippen LogP contribution in [0.3, 0.4) is 0 Å². The molecule has 0 heterocycles. The maximum absolute atomic E-state index is 11.7. The second kappa shape index (κ2) is 8.05. The van der Waals surface area contributed by atoms with Crippen LogP contribution >= 0.6 is 0 Å². The van der Waals surface area contributed by atoms with E-state index < -0.39 is 0 Å². The van der Waals surface area contributed by atoms with E-state index in [9.17, 15) is 9.59 Å². The summed E-state index contributed by atoms with van der Waals surface area (Å²) >= 11 is 0. The molecule has 0 atom stereocenters. The molecule has 0 aromatic rings. The third-order valence-corrected chi connectivity index (χ3v) is 2.77. The van der Waals surface area contributed by atoms with Gasteiger partial charge in [-0.1, -0.05) is 0 Å². The maximum Gasteiger partial charge on any atom is 0.239 e. The van der Waals surface area contributed by atoms with Gasteiger partial charge in [-0.15, -0.1) is 0 Å². The Balaban J connectivity index is 2.06. The molecule has 0 unspecified atom stereocenters. The van der Waals surface area contributed by atoms with E-state index in [0.717, 1.165) is 19.3 Å². The minimum Gasteiger partial charge on any atom is -0.385 e. The topological polar surface area (TPSA) is 70.7 Å². The molecule has 1 aliphatic carbocycles. The Hall–Kier alpha value is -1.14. The van der Waals surface area contributed by atoms with Crippen molar-refractivity contribution in [1.29, 1.82) is 0 Å². The molecule has 1 fully saturated rings. The number of ether oxygens (including phenoxy) is 1. The first-order valence-corrected chi connectivity index (χ1v) is 6.36. The van der Waals surface area contributed by atoms with Crippen LogP contribution in [0.4, 0.5) is 0 Å². The highest BCUT2D eigenvalue weighted by atomic mass is 16.5. The van der Waals surface area contributed by atoms with Crippen molar-refractivity contribution in [2.45, 2.75) is 25.3 Å². The normalized spacial score (nSPS) is 14.3. The van der Waals surface area contributed by atoms with Gasteiger partial charge in [-0.2, -0.15) is 0 Å². The maximum atomic E-state index is 11.7. The van der Waals surface area contributed by atoms with Crippen molar-refractivity contribution >= 4 is 11.8 Å². The number of rotatable bonds is 9. The smallest absolute Gasteiger partial charge is 0.239 e. The van der Waals surface area contributed by atoms with Crippen molar-refractivity contribution in [1.82, 2.24) is 15.5 Å². The number of methoxy groups -OCH3 is 1. The number of hydrogen-bond acceptors (Lipinski definition) is 4. The second-order valence-electron chi connectivity index (χ2n) is 4.60. The van der Waals surface area contributed by atoms with Crippen LogP contribution in [0.1, 0.15) is 19.3 Å². The molecule has 1 aliphatic rings. The van der Waals surface area contributed by atoms with Crippen LogP contribution in [0, 0.1) is 0 Å². The van der Waals surface area contributed by atoms with E-state index in [-0.39, 0.29) is 18.4 Å². The van der Waals surface area contributed by atoms with Crippen molar-refractivity contribution < 1.29 is 14.3 Å². The largest absolute Gasteiger partial charge is 0.385 e. The van der Waals surface area contributed by atoms with Gasteiger partial charge in [0.25, 0.3) is 0 Å². The molecule has 6 nitrogen and oxygen atoms in total. The minimum atomic E-state index is -0.131. The summed E-state index contributed by atoms with van der Waals surface area (Å²) in [6, 6.07) is 0.505. The second-order valence-corrected chi connectivity index (χ2v) is 4.60. The first-order valence-electron chi connectivity index (χ1n) is 6.36. The van der Waals surface area contributed by atoms with Gasteiger partial charge >= 0.3 is 0 Å². The molecule has 1 saturated carbocycles. The summed E-state index contributed by atoms with van der Waals surface area (Å²) in [5, 5.41) is 5.88. The number of carbonyl (C=O) groups excluding carboxylic acids is 2. The lowest BCUT2D eigenvalue weighted by molar-refractivity contribution is -0.134. The van der Waals surface area contributed by atoms with E-state index in [4.69, 9.17) is 4.74 Å². The zero-order valence-corrected chi connectivity index (χ0v) is 11.2. The van der Waals surface area contributed by atoms with Crippen molar-refractivity contribution in [2.24, 2.45) is 0 Å². The highest BCUT2D eigenvalue weighted by Gasteiger charge is 2.22. The molecule has 18 heavy (non-hydrogen) atoms. The summed E-state index contributed by atoms with van der Waals surface area (Å²) in [4.78, 5) is 24.6. The molecule has 2 N–H and O–H groups in total. The molecule has 0 aromatic heterocycles. The number of nitrogens with zero attached hydrogens (tertiary/aromatic N) is 1. The van der Waals surface area contributed by atoms with Crippen LogP contribution in [-0.2, 0) is 14.3 Å². The average molecular weight is 257 g/mol. The van der Waals surface area contributed by atoms with Gasteiger partial charge in [0, 0.05) is 33.4 Å². The monoisotopic (exact) mass is 257 g/mol. The Morgan fingerprint density at radius 2 is 2.11 bits per heavy atom. The Bertz CT molecular complexity index is 280.